The molecule has 0 aromatic heterocycles. The van der Waals surface area contributed by atoms with Crippen molar-refractivity contribution in [1.82, 2.24) is 0 Å². The van der Waals surface area contributed by atoms with E-state index in [2.05, 4.69) is 5.32 Å². The number of anilines is 1. The Hall–Kier alpha value is -3.06. The molecule has 0 heterocycles. The number of nitrogens with zero attached hydrogens (tertiary/aromatic N) is 1. The third-order valence-electron chi connectivity index (χ3n) is 3.88. The molecule has 8 heteroatoms. The summed E-state index contributed by atoms with van der Waals surface area (Å²) in [7, 11) is 2.79. The van der Waals surface area contributed by atoms with Gasteiger partial charge in [-0.25, -0.2) is 4.79 Å². The van der Waals surface area contributed by atoms with Gasteiger partial charge in [-0.1, -0.05) is 23.7 Å². The minimum absolute atomic E-state index is 0.132. The summed E-state index contributed by atoms with van der Waals surface area (Å²) in [6.45, 7) is -0.465. The molecule has 2 aromatic carbocycles. The molecule has 0 amide bonds. The molecule has 0 fully saturated rings. The average molecular weight is 391 g/mol. The molecule has 142 valence electrons. The van der Waals surface area contributed by atoms with Crippen LogP contribution in [0.25, 0.3) is 0 Å². The molecular formula is C19H19ClN2O5. The maximum Gasteiger partial charge on any atom is 0.336 e. The number of nitrogens with one attached hydrogen (secondary N) is 1. The van der Waals surface area contributed by atoms with Crippen molar-refractivity contribution in [3.8, 4) is 5.75 Å². The van der Waals surface area contributed by atoms with E-state index in [1.165, 1.54) is 13.3 Å². The van der Waals surface area contributed by atoms with Gasteiger partial charge in [-0.3, -0.25) is 10.1 Å². The Balaban J connectivity index is 2.37. The molecule has 2 aromatic rings. The molecule has 0 spiro atoms. The van der Waals surface area contributed by atoms with Gasteiger partial charge in [0.15, 0.2) is 0 Å². The monoisotopic (exact) mass is 390 g/mol. The van der Waals surface area contributed by atoms with Gasteiger partial charge >= 0.3 is 5.97 Å². The lowest BCUT2D eigenvalue weighted by Gasteiger charge is -2.16. The van der Waals surface area contributed by atoms with E-state index in [0.29, 0.717) is 22.0 Å². The number of esters is 1. The van der Waals surface area contributed by atoms with Crippen molar-refractivity contribution in [2.45, 2.75) is 5.92 Å². The first-order valence-corrected chi connectivity index (χ1v) is 8.38. The minimum atomic E-state index is -0.796. The van der Waals surface area contributed by atoms with Crippen LogP contribution in [-0.2, 0) is 9.53 Å². The van der Waals surface area contributed by atoms with E-state index >= 15 is 0 Å². The molecule has 7 nitrogen and oxygen atoms in total. The molecule has 0 saturated carbocycles. The van der Waals surface area contributed by atoms with Crippen LogP contribution in [0.2, 0.25) is 5.02 Å². The highest BCUT2D eigenvalue weighted by Crippen LogP contribution is 2.27. The number of benzene rings is 2. The summed E-state index contributed by atoms with van der Waals surface area (Å²) < 4.78 is 9.93. The van der Waals surface area contributed by atoms with Crippen LogP contribution in [0.3, 0.4) is 0 Å². The molecule has 0 saturated heterocycles. The van der Waals surface area contributed by atoms with Gasteiger partial charge in [0.25, 0.3) is 0 Å². The standard InChI is InChI=1S/C19H19ClN2O5/c1-26-16-9-7-15(8-10-16)21-11-17(19(23)27-2)18(12-22(24)25)13-3-5-14(20)6-4-13/h3-11,18,21H,12H2,1-2H3/b17-11-. The van der Waals surface area contributed by atoms with Crippen LogP contribution >= 0.6 is 11.6 Å². The van der Waals surface area contributed by atoms with Gasteiger partial charge in [0.05, 0.1) is 25.7 Å². The number of methoxy groups -OCH3 is 2. The van der Waals surface area contributed by atoms with Crippen molar-refractivity contribution in [3.05, 3.63) is 81.0 Å². The van der Waals surface area contributed by atoms with Gasteiger partial charge in [-0.2, -0.15) is 0 Å². The lowest BCUT2D eigenvalue weighted by atomic mass is 9.91. The van der Waals surface area contributed by atoms with E-state index in [4.69, 9.17) is 21.1 Å². The topological polar surface area (TPSA) is 90.7 Å². The Bertz CT molecular complexity index is 819. The van der Waals surface area contributed by atoms with Crippen molar-refractivity contribution in [2.75, 3.05) is 26.1 Å². The minimum Gasteiger partial charge on any atom is -0.497 e. The fraction of sp³-hybridized carbons (Fsp3) is 0.211. The molecule has 2 rings (SSSR count). The quantitative estimate of drug-likeness (QED) is 0.318. The molecule has 1 N–H and O–H groups in total. The molecule has 0 aliphatic rings. The zero-order valence-electron chi connectivity index (χ0n) is 14.8. The smallest absolute Gasteiger partial charge is 0.336 e. The Morgan fingerprint density at radius 1 is 1.19 bits per heavy atom. The maximum absolute atomic E-state index is 12.3. The van der Waals surface area contributed by atoms with Gasteiger partial charge in [0.2, 0.25) is 6.54 Å². The number of rotatable bonds is 8. The summed E-state index contributed by atoms with van der Waals surface area (Å²) in [5.41, 5.74) is 1.41. The van der Waals surface area contributed by atoms with Crippen molar-refractivity contribution in [1.29, 1.82) is 0 Å². The second-order valence-electron chi connectivity index (χ2n) is 5.58. The zero-order valence-corrected chi connectivity index (χ0v) is 15.6. The van der Waals surface area contributed by atoms with Crippen molar-refractivity contribution >= 4 is 23.3 Å². The van der Waals surface area contributed by atoms with E-state index in [9.17, 15) is 14.9 Å². The highest BCUT2D eigenvalue weighted by molar-refractivity contribution is 6.30. The van der Waals surface area contributed by atoms with Gasteiger partial charge in [-0.15, -0.1) is 0 Å². The normalized spacial score (nSPS) is 12.2. The van der Waals surface area contributed by atoms with Crippen LogP contribution in [0.4, 0.5) is 5.69 Å². The highest BCUT2D eigenvalue weighted by atomic mass is 35.5. The van der Waals surface area contributed by atoms with Crippen molar-refractivity contribution < 1.29 is 19.2 Å². The van der Waals surface area contributed by atoms with E-state index in [1.54, 1.807) is 55.6 Å². The molecule has 1 unspecified atom stereocenters. The van der Waals surface area contributed by atoms with Gasteiger partial charge in [0, 0.05) is 21.8 Å². The Kier molecular flexibility index (Phi) is 7.19. The molecule has 0 aliphatic heterocycles. The van der Waals surface area contributed by atoms with Crippen LogP contribution in [0.15, 0.2) is 60.3 Å². The predicted octanol–water partition coefficient (Wildman–Crippen LogP) is 3.88. The molecular weight excluding hydrogens is 372 g/mol. The third kappa shape index (κ3) is 5.72. The molecule has 0 radical (unpaired) electrons. The van der Waals surface area contributed by atoms with Crippen LogP contribution < -0.4 is 10.1 Å². The second kappa shape index (κ2) is 9.59. The first-order valence-electron chi connectivity index (χ1n) is 8.00. The summed E-state index contributed by atoms with van der Waals surface area (Å²) in [5, 5.41) is 14.7. The highest BCUT2D eigenvalue weighted by Gasteiger charge is 2.28. The fourth-order valence-corrected chi connectivity index (χ4v) is 2.62. The molecule has 0 aliphatic carbocycles. The number of carbonyl (C=O) groups is 1. The van der Waals surface area contributed by atoms with Crippen LogP contribution in [0.1, 0.15) is 11.5 Å². The lowest BCUT2D eigenvalue weighted by Crippen LogP contribution is -2.21. The van der Waals surface area contributed by atoms with Gasteiger partial charge in [-0.05, 0) is 42.0 Å². The lowest BCUT2D eigenvalue weighted by molar-refractivity contribution is -0.481. The summed E-state index contributed by atoms with van der Waals surface area (Å²) in [6, 6.07) is 13.6. The number of ether oxygens (including phenoxy) is 2. The average Bonchev–Trinajstić information content (AvgIpc) is 2.67. The Morgan fingerprint density at radius 3 is 2.33 bits per heavy atom. The summed E-state index contributed by atoms with van der Waals surface area (Å²) >= 11 is 5.89. The number of carbonyl (C=O) groups excluding carboxylic acids is 1. The summed E-state index contributed by atoms with van der Waals surface area (Å²) in [5.74, 6) is -0.765. The summed E-state index contributed by atoms with van der Waals surface area (Å²) in [4.78, 5) is 23.0. The third-order valence-corrected chi connectivity index (χ3v) is 4.14. The number of hydrogen-bond acceptors (Lipinski definition) is 6. The van der Waals surface area contributed by atoms with Crippen molar-refractivity contribution in [2.24, 2.45) is 0 Å². The Labute approximate surface area is 161 Å². The first kappa shape index (κ1) is 20.3. The fourth-order valence-electron chi connectivity index (χ4n) is 2.50. The van der Waals surface area contributed by atoms with E-state index in [1.807, 2.05) is 0 Å². The molecule has 0 bridgehead atoms. The van der Waals surface area contributed by atoms with Crippen LogP contribution in [-0.4, -0.2) is 31.7 Å². The number of hydrogen-bond donors (Lipinski definition) is 1. The number of nitro groups is 1. The second-order valence-corrected chi connectivity index (χ2v) is 6.02. The zero-order chi connectivity index (χ0) is 19.8. The molecule has 1 atom stereocenters. The summed E-state index contributed by atoms with van der Waals surface area (Å²) in [6.07, 6.45) is 1.43. The largest absolute Gasteiger partial charge is 0.497 e. The van der Waals surface area contributed by atoms with Crippen LogP contribution in [0, 0.1) is 10.1 Å². The van der Waals surface area contributed by atoms with Gasteiger partial charge in [0.1, 0.15) is 5.75 Å². The Morgan fingerprint density at radius 2 is 1.81 bits per heavy atom. The number of halogens is 1. The molecule has 27 heavy (non-hydrogen) atoms. The van der Waals surface area contributed by atoms with Gasteiger partial charge < -0.3 is 14.8 Å². The van der Waals surface area contributed by atoms with E-state index in [-0.39, 0.29) is 5.57 Å². The predicted molar refractivity (Wildman–Crippen MR) is 103 cm³/mol. The first-order chi connectivity index (χ1) is 12.9. The van der Waals surface area contributed by atoms with Crippen LogP contribution in [0.5, 0.6) is 5.75 Å². The maximum atomic E-state index is 12.3. The van der Waals surface area contributed by atoms with E-state index in [0.717, 1.165) is 0 Å². The van der Waals surface area contributed by atoms with E-state index < -0.39 is 23.4 Å². The SMILES string of the molecule is COC(=O)/C(=C\Nc1ccc(OC)cc1)C(C[N+](=O)[O-])c1ccc(Cl)cc1. The van der Waals surface area contributed by atoms with Crippen molar-refractivity contribution in [3.63, 3.8) is 0 Å².